The maximum absolute atomic E-state index is 14.4. The van der Waals surface area contributed by atoms with Crippen LogP contribution in [0, 0.1) is 35.5 Å². The Labute approximate surface area is 459 Å². The minimum absolute atomic E-state index is 0.0357. The Hall–Kier alpha value is -6.76. The van der Waals surface area contributed by atoms with Gasteiger partial charge in [0.2, 0.25) is 47.3 Å². The Bertz CT molecular complexity index is 2460. The molecule has 6 atom stereocenters. The van der Waals surface area contributed by atoms with Crippen LogP contribution in [0.15, 0.2) is 48.5 Å². The third-order valence-corrected chi connectivity index (χ3v) is 17.4. The number of benzene rings is 2. The van der Waals surface area contributed by atoms with Crippen molar-refractivity contribution in [1.82, 2.24) is 52.3 Å². The Kier molecular flexibility index (Phi) is 19.3. The van der Waals surface area contributed by atoms with Crippen LogP contribution in [0.3, 0.4) is 0 Å². The van der Waals surface area contributed by atoms with Gasteiger partial charge < -0.3 is 52.3 Å². The maximum atomic E-state index is 14.4. The average Bonchev–Trinajstić information content (AvgIpc) is 4.38. The number of carbonyl (C=O) groups is 8. The van der Waals surface area contributed by atoms with E-state index in [1.54, 1.807) is 37.7 Å². The second-order valence-corrected chi connectivity index (χ2v) is 22.5. The van der Waals surface area contributed by atoms with Gasteiger partial charge in [0.05, 0.1) is 25.2 Å². The molecule has 0 unspecified atom stereocenters. The summed E-state index contributed by atoms with van der Waals surface area (Å²) in [5.74, 6) is 8.43. The van der Waals surface area contributed by atoms with Crippen LogP contribution in [0.25, 0.3) is 0 Å². The lowest BCUT2D eigenvalue weighted by Gasteiger charge is -2.36. The number of amides is 8. The lowest BCUT2D eigenvalue weighted by atomic mass is 9.83. The Morgan fingerprint density at radius 3 is 1.19 bits per heavy atom. The second kappa shape index (κ2) is 26.3. The van der Waals surface area contributed by atoms with Crippen molar-refractivity contribution in [3.8, 4) is 23.7 Å². The Morgan fingerprint density at radius 2 is 0.859 bits per heavy atom. The summed E-state index contributed by atoms with van der Waals surface area (Å²) < 4.78 is 0. The first-order valence-corrected chi connectivity index (χ1v) is 28.5. The van der Waals surface area contributed by atoms with Crippen LogP contribution in [-0.4, -0.2) is 145 Å². The van der Waals surface area contributed by atoms with Crippen LogP contribution in [0.1, 0.15) is 126 Å². The van der Waals surface area contributed by atoms with E-state index in [0.717, 1.165) is 86.5 Å². The molecule has 18 nitrogen and oxygen atoms in total. The van der Waals surface area contributed by atoms with Crippen molar-refractivity contribution in [2.24, 2.45) is 11.8 Å². The highest BCUT2D eigenvalue weighted by atomic mass is 16.2. The van der Waals surface area contributed by atoms with Gasteiger partial charge in [-0.1, -0.05) is 98.9 Å². The monoisotopic (exact) mass is 1070 g/mol. The molecule has 2 aromatic carbocycles. The van der Waals surface area contributed by atoms with Gasteiger partial charge in [-0.25, -0.2) is 0 Å². The van der Waals surface area contributed by atoms with Gasteiger partial charge in [0.25, 0.3) is 0 Å². The summed E-state index contributed by atoms with van der Waals surface area (Å²) in [7, 11) is 3.39. The van der Waals surface area contributed by atoms with Crippen molar-refractivity contribution in [3.05, 3.63) is 70.8 Å². The quantitative estimate of drug-likeness (QED) is 0.101. The first-order chi connectivity index (χ1) is 37.7. The third-order valence-electron chi connectivity index (χ3n) is 17.4. The summed E-state index contributed by atoms with van der Waals surface area (Å²) in [4.78, 5) is 116. The Balaban J connectivity index is 0.892. The molecule has 2 aliphatic heterocycles. The van der Waals surface area contributed by atoms with Crippen molar-refractivity contribution in [1.29, 1.82) is 0 Å². The van der Waals surface area contributed by atoms with Crippen molar-refractivity contribution in [3.63, 3.8) is 0 Å². The van der Waals surface area contributed by atoms with Crippen molar-refractivity contribution >= 4 is 47.3 Å². The molecule has 0 aromatic heterocycles. The van der Waals surface area contributed by atoms with Gasteiger partial charge >= 0.3 is 0 Å². The molecule has 4 fully saturated rings. The molecule has 0 spiro atoms. The van der Waals surface area contributed by atoms with E-state index in [1.807, 2.05) is 48.5 Å². The predicted molar refractivity (Wildman–Crippen MR) is 295 cm³/mol. The molecule has 6 aliphatic rings. The van der Waals surface area contributed by atoms with Gasteiger partial charge in [-0.05, 0) is 125 Å². The molecule has 78 heavy (non-hydrogen) atoms. The highest BCUT2D eigenvalue weighted by Crippen LogP contribution is 2.35. The van der Waals surface area contributed by atoms with E-state index in [0.29, 0.717) is 38.8 Å². The topological polar surface area (TPSA) is 239 Å². The summed E-state index contributed by atoms with van der Waals surface area (Å²) in [6.07, 6.45) is 12.4. The number of carbonyl (C=O) groups excluding carboxylic acids is 8. The van der Waals surface area contributed by atoms with Gasteiger partial charge in [-0.3, -0.25) is 38.4 Å². The van der Waals surface area contributed by atoms with Gasteiger partial charge in [0.15, 0.2) is 0 Å². The van der Waals surface area contributed by atoms with Crippen LogP contribution < -0.4 is 42.5 Å². The van der Waals surface area contributed by atoms with Crippen LogP contribution >= 0.6 is 0 Å². The number of likely N-dealkylation sites (N-methyl/N-ethyl adjacent to an activating group) is 2. The molecule has 0 bridgehead atoms. The molecule has 8 amide bonds. The molecule has 418 valence electrons. The molecule has 18 heteroatoms. The van der Waals surface area contributed by atoms with E-state index in [4.69, 9.17) is 0 Å². The highest BCUT2D eigenvalue weighted by molar-refractivity contribution is 5.99. The first-order valence-electron chi connectivity index (χ1n) is 28.5. The first kappa shape index (κ1) is 57.4. The van der Waals surface area contributed by atoms with Gasteiger partial charge in [-0.2, -0.15) is 0 Å². The SMILES string of the molecule is CN[C@@H](C)C(=O)N[C@H](C(=O)N1CCC[C@H]1C(=O)NC1(C(=O)NCC#CC#CCNC(=O)C2(NC(=O)[C@@H]3CCCN3C(=O)[C@@H](NC(=O)[C@H](C)NC)C3CCCCC3)Cc3ccccc3C2)Cc2ccccc2C1)C1CCCCC1. The number of hydrogen-bond acceptors (Lipinski definition) is 10. The van der Waals surface area contributed by atoms with E-state index in [1.165, 1.54) is 0 Å². The lowest BCUT2D eigenvalue weighted by molar-refractivity contribution is -0.144. The summed E-state index contributed by atoms with van der Waals surface area (Å²) in [5, 5.41) is 24.0. The number of rotatable bonds is 18. The number of likely N-dealkylation sites (tertiary alicyclic amines) is 2. The maximum Gasteiger partial charge on any atom is 0.247 e. The molecular formula is C60H80N10O8. The summed E-state index contributed by atoms with van der Waals surface area (Å²) in [6.45, 7) is 4.07. The largest absolute Gasteiger partial charge is 0.343 e. The normalized spacial score (nSPS) is 21.8. The van der Waals surface area contributed by atoms with Gasteiger partial charge in [0, 0.05) is 38.8 Å². The molecule has 2 aromatic rings. The number of hydrogen-bond donors (Lipinski definition) is 8. The van der Waals surface area contributed by atoms with Crippen molar-refractivity contribution < 1.29 is 38.4 Å². The van der Waals surface area contributed by atoms with E-state index in [-0.39, 0.29) is 74.2 Å². The zero-order valence-corrected chi connectivity index (χ0v) is 46.0. The molecule has 2 saturated heterocycles. The fourth-order valence-electron chi connectivity index (χ4n) is 12.7. The van der Waals surface area contributed by atoms with Crippen LogP contribution in [0.4, 0.5) is 0 Å². The summed E-state index contributed by atoms with van der Waals surface area (Å²) in [5.41, 5.74) is 1.05. The number of nitrogens with one attached hydrogen (secondary N) is 8. The molecule has 0 radical (unpaired) electrons. The lowest BCUT2D eigenvalue weighted by Crippen LogP contribution is -2.64. The predicted octanol–water partition coefficient (Wildman–Crippen LogP) is 1.86. The van der Waals surface area contributed by atoms with E-state index >= 15 is 0 Å². The minimum Gasteiger partial charge on any atom is -0.343 e. The van der Waals surface area contributed by atoms with Crippen molar-refractivity contribution in [2.75, 3.05) is 40.3 Å². The third kappa shape index (κ3) is 13.2. The number of fused-ring (bicyclic) bond motifs is 2. The van der Waals surface area contributed by atoms with Gasteiger partial charge in [-0.15, -0.1) is 0 Å². The fraction of sp³-hybridized carbons (Fsp3) is 0.600. The van der Waals surface area contributed by atoms with Crippen LogP contribution in [-0.2, 0) is 64.0 Å². The second-order valence-electron chi connectivity index (χ2n) is 22.5. The minimum atomic E-state index is -1.34. The standard InChI is InChI=1S/C60H80N10O8/c1-39(61-3)51(71)65-49(41-21-9-7-10-22-41)55(75)69-33-19-29-47(69)53(73)67-59(35-43-25-13-14-26-44(43)36-59)57(77)63-31-17-5-6-18-32-64-58(78)60(37-45-27-15-16-28-46(45)38-60)68-54(74)48-30-20-34-70(48)56(76)50(42-23-11-8-12-24-42)66-52(72)40(2)62-4/h13-16,25-28,39-42,47-50,61-62H,7-12,19-24,29-38H2,1-4H3,(H,63,77)(H,64,78)(H,65,71)(H,66,72)(H,67,73)(H,68,74)/t39-,40-,47-,48-,49-,50-/m0/s1. The molecule has 4 aliphatic carbocycles. The van der Waals surface area contributed by atoms with Crippen LogP contribution in [0.5, 0.6) is 0 Å². The zero-order chi connectivity index (χ0) is 55.4. The average molecular weight is 1070 g/mol. The van der Waals surface area contributed by atoms with E-state index in [9.17, 15) is 38.4 Å². The molecule has 8 N–H and O–H groups in total. The van der Waals surface area contributed by atoms with Crippen LogP contribution in [0.2, 0.25) is 0 Å². The van der Waals surface area contributed by atoms with E-state index in [2.05, 4.69) is 66.2 Å². The molecule has 8 rings (SSSR count). The smallest absolute Gasteiger partial charge is 0.247 e. The summed E-state index contributed by atoms with van der Waals surface area (Å²) >= 11 is 0. The summed E-state index contributed by atoms with van der Waals surface area (Å²) in [6, 6.07) is 11.2. The van der Waals surface area contributed by atoms with E-state index < -0.39 is 71.0 Å². The molecular weight excluding hydrogens is 989 g/mol. The van der Waals surface area contributed by atoms with Crippen molar-refractivity contribution in [2.45, 2.75) is 177 Å². The molecule has 2 heterocycles. The Morgan fingerprint density at radius 1 is 0.513 bits per heavy atom. The highest BCUT2D eigenvalue weighted by Gasteiger charge is 2.50. The zero-order valence-electron chi connectivity index (χ0n) is 46.0. The fourth-order valence-corrected chi connectivity index (χ4v) is 12.7. The van der Waals surface area contributed by atoms with Gasteiger partial charge in [0.1, 0.15) is 35.2 Å². The number of nitrogens with zero attached hydrogens (tertiary/aromatic N) is 2. The molecule has 2 saturated carbocycles.